The molecule has 1 aromatic heterocycles. The first-order chi connectivity index (χ1) is 11.6. The molecule has 0 spiro atoms. The number of benzene rings is 1. The van der Waals surface area contributed by atoms with Gasteiger partial charge in [0, 0.05) is 22.5 Å². The molecule has 0 N–H and O–H groups in total. The molecule has 0 radical (unpaired) electrons. The van der Waals surface area contributed by atoms with Gasteiger partial charge in [-0.25, -0.2) is 0 Å². The van der Waals surface area contributed by atoms with Crippen molar-refractivity contribution >= 4 is 34.0 Å². The minimum absolute atomic E-state index is 0.0745. The molecule has 1 aliphatic carbocycles. The van der Waals surface area contributed by atoms with Crippen molar-refractivity contribution in [2.75, 3.05) is 4.90 Å². The molecule has 6 heteroatoms. The Morgan fingerprint density at radius 3 is 2.46 bits per heavy atom. The van der Waals surface area contributed by atoms with Gasteiger partial charge in [-0.3, -0.25) is 9.69 Å². The van der Waals surface area contributed by atoms with E-state index in [0.717, 1.165) is 36.3 Å². The summed E-state index contributed by atoms with van der Waals surface area (Å²) in [6.07, 6.45) is 5.52. The maximum absolute atomic E-state index is 13.0. The van der Waals surface area contributed by atoms with E-state index in [1.807, 2.05) is 43.0 Å². The summed E-state index contributed by atoms with van der Waals surface area (Å²) >= 11 is 7.40. The summed E-state index contributed by atoms with van der Waals surface area (Å²) in [6.45, 7) is 4.06. The molecule has 0 saturated heterocycles. The molecule has 0 unspecified atom stereocenters. The van der Waals surface area contributed by atoms with E-state index >= 15 is 0 Å². The number of carbonyl (C=O) groups excluding carboxylic acids is 1. The van der Waals surface area contributed by atoms with Gasteiger partial charge in [0.25, 0.3) is 0 Å². The van der Waals surface area contributed by atoms with Gasteiger partial charge >= 0.3 is 0 Å². The lowest BCUT2D eigenvalue weighted by Gasteiger charge is -2.29. The maximum Gasteiger partial charge on any atom is 0.232 e. The highest BCUT2D eigenvalue weighted by Gasteiger charge is 2.30. The quantitative estimate of drug-likeness (QED) is 0.751. The Bertz CT molecular complexity index is 693. The van der Waals surface area contributed by atoms with E-state index in [4.69, 9.17) is 11.6 Å². The summed E-state index contributed by atoms with van der Waals surface area (Å²) < 4.78 is 0. The van der Waals surface area contributed by atoms with E-state index in [1.165, 1.54) is 17.8 Å². The monoisotopic (exact) mass is 363 g/mol. The Morgan fingerprint density at radius 2 is 1.83 bits per heavy atom. The van der Waals surface area contributed by atoms with Crippen LogP contribution in [0.15, 0.2) is 24.3 Å². The molecule has 4 nitrogen and oxygen atoms in total. The molecule has 0 atom stereocenters. The number of rotatable bonds is 4. The van der Waals surface area contributed by atoms with Gasteiger partial charge in [-0.1, -0.05) is 54.3 Å². The molecule has 1 heterocycles. The van der Waals surface area contributed by atoms with Crippen LogP contribution in [0.1, 0.15) is 46.0 Å². The molecule has 0 aliphatic heterocycles. The van der Waals surface area contributed by atoms with Crippen LogP contribution < -0.4 is 4.90 Å². The molecule has 1 amide bonds. The fraction of sp³-hybridized carbons (Fsp3) is 0.500. The number of amides is 1. The summed E-state index contributed by atoms with van der Waals surface area (Å²) in [6, 6.07) is 7.60. The van der Waals surface area contributed by atoms with E-state index < -0.39 is 0 Å². The summed E-state index contributed by atoms with van der Waals surface area (Å²) in [5.74, 6) is 0.326. The van der Waals surface area contributed by atoms with Crippen molar-refractivity contribution in [3.8, 4) is 10.6 Å². The van der Waals surface area contributed by atoms with Crippen LogP contribution in [-0.2, 0) is 4.79 Å². The van der Waals surface area contributed by atoms with Crippen molar-refractivity contribution in [1.82, 2.24) is 10.2 Å². The predicted molar refractivity (Wildman–Crippen MR) is 99.6 cm³/mol. The zero-order chi connectivity index (χ0) is 17.1. The first-order valence-corrected chi connectivity index (χ1v) is 9.68. The SMILES string of the molecule is CC(C)N(C(=O)C1CCCCC1)c1nnc(-c2ccc(Cl)cc2)s1. The molecule has 1 aliphatic rings. The van der Waals surface area contributed by atoms with Crippen LogP contribution in [0.2, 0.25) is 5.02 Å². The smallest absolute Gasteiger partial charge is 0.232 e. The minimum Gasteiger partial charge on any atom is -0.284 e. The summed E-state index contributed by atoms with van der Waals surface area (Å²) in [7, 11) is 0. The van der Waals surface area contributed by atoms with Crippen LogP contribution >= 0.6 is 22.9 Å². The van der Waals surface area contributed by atoms with E-state index in [0.29, 0.717) is 10.2 Å². The van der Waals surface area contributed by atoms with Gasteiger partial charge in [0.15, 0.2) is 0 Å². The lowest BCUT2D eigenvalue weighted by Crippen LogP contribution is -2.41. The molecular weight excluding hydrogens is 342 g/mol. The van der Waals surface area contributed by atoms with Crippen LogP contribution in [0.3, 0.4) is 0 Å². The number of hydrogen-bond donors (Lipinski definition) is 0. The highest BCUT2D eigenvalue weighted by Crippen LogP contribution is 2.33. The number of nitrogens with zero attached hydrogens (tertiary/aromatic N) is 3. The number of halogens is 1. The fourth-order valence-electron chi connectivity index (χ4n) is 3.14. The van der Waals surface area contributed by atoms with Crippen molar-refractivity contribution in [1.29, 1.82) is 0 Å². The zero-order valence-electron chi connectivity index (χ0n) is 14.0. The third kappa shape index (κ3) is 3.78. The van der Waals surface area contributed by atoms with E-state index in [1.54, 1.807) is 0 Å². The average Bonchev–Trinajstić information content (AvgIpc) is 3.05. The molecule has 0 bridgehead atoms. The van der Waals surface area contributed by atoms with E-state index in [9.17, 15) is 4.79 Å². The lowest BCUT2D eigenvalue weighted by molar-refractivity contribution is -0.123. The van der Waals surface area contributed by atoms with Gasteiger partial charge in [-0.15, -0.1) is 10.2 Å². The largest absolute Gasteiger partial charge is 0.284 e. The first kappa shape index (κ1) is 17.4. The summed E-state index contributed by atoms with van der Waals surface area (Å²) in [5, 5.41) is 10.8. The molecule has 2 aromatic rings. The predicted octanol–water partition coefficient (Wildman–Crippen LogP) is 5.18. The molecule has 24 heavy (non-hydrogen) atoms. The second kappa shape index (κ2) is 7.62. The minimum atomic E-state index is 0.0745. The number of hydrogen-bond acceptors (Lipinski definition) is 4. The normalized spacial score (nSPS) is 15.7. The van der Waals surface area contributed by atoms with Crippen LogP contribution in [0.25, 0.3) is 10.6 Å². The summed E-state index contributed by atoms with van der Waals surface area (Å²) in [4.78, 5) is 14.8. The second-order valence-corrected chi connectivity index (χ2v) is 7.93. The maximum atomic E-state index is 13.0. The molecule has 128 valence electrons. The highest BCUT2D eigenvalue weighted by molar-refractivity contribution is 7.18. The van der Waals surface area contributed by atoms with E-state index in [-0.39, 0.29) is 17.9 Å². The fourth-order valence-corrected chi connectivity index (χ4v) is 4.25. The number of aromatic nitrogens is 2. The third-order valence-corrected chi connectivity index (χ3v) is 5.64. The van der Waals surface area contributed by atoms with Crippen molar-refractivity contribution in [3.05, 3.63) is 29.3 Å². The number of carbonyl (C=O) groups is 1. The topological polar surface area (TPSA) is 46.1 Å². The number of anilines is 1. The van der Waals surface area contributed by atoms with E-state index in [2.05, 4.69) is 10.2 Å². The summed E-state index contributed by atoms with van der Waals surface area (Å²) in [5.41, 5.74) is 0.969. The Kier molecular flexibility index (Phi) is 5.51. The lowest BCUT2D eigenvalue weighted by atomic mass is 9.88. The molecule has 3 rings (SSSR count). The van der Waals surface area contributed by atoms with Crippen LogP contribution in [0, 0.1) is 5.92 Å². The van der Waals surface area contributed by atoms with Crippen LogP contribution in [-0.4, -0.2) is 22.1 Å². The van der Waals surface area contributed by atoms with Gasteiger partial charge < -0.3 is 0 Å². The Hall–Kier alpha value is -1.46. The van der Waals surface area contributed by atoms with Gasteiger partial charge in [0.2, 0.25) is 11.0 Å². The Balaban J connectivity index is 1.84. The molecule has 1 saturated carbocycles. The van der Waals surface area contributed by atoms with Crippen LogP contribution in [0.4, 0.5) is 5.13 Å². The van der Waals surface area contributed by atoms with Gasteiger partial charge in [-0.2, -0.15) is 0 Å². The van der Waals surface area contributed by atoms with Crippen molar-refractivity contribution in [3.63, 3.8) is 0 Å². The first-order valence-electron chi connectivity index (χ1n) is 8.49. The Labute approximate surface area is 151 Å². The van der Waals surface area contributed by atoms with Crippen molar-refractivity contribution in [2.45, 2.75) is 52.0 Å². The highest BCUT2D eigenvalue weighted by atomic mass is 35.5. The second-order valence-electron chi connectivity index (χ2n) is 6.53. The third-order valence-electron chi connectivity index (χ3n) is 4.42. The average molecular weight is 364 g/mol. The van der Waals surface area contributed by atoms with Crippen molar-refractivity contribution in [2.24, 2.45) is 5.92 Å². The molecular formula is C18H22ClN3OS. The Morgan fingerprint density at radius 1 is 1.17 bits per heavy atom. The van der Waals surface area contributed by atoms with Crippen LogP contribution in [0.5, 0.6) is 0 Å². The molecule has 1 fully saturated rings. The standard InChI is InChI=1S/C18H22ClN3OS/c1-12(2)22(17(23)14-6-4-3-5-7-14)18-21-20-16(24-18)13-8-10-15(19)11-9-13/h8-12,14H,3-7H2,1-2H3. The molecule has 1 aromatic carbocycles. The van der Waals surface area contributed by atoms with Gasteiger partial charge in [0.1, 0.15) is 5.01 Å². The zero-order valence-corrected chi connectivity index (χ0v) is 15.6. The van der Waals surface area contributed by atoms with Gasteiger partial charge in [0.05, 0.1) is 0 Å². The van der Waals surface area contributed by atoms with Gasteiger partial charge in [-0.05, 0) is 38.8 Å². The van der Waals surface area contributed by atoms with Crippen molar-refractivity contribution < 1.29 is 4.79 Å².